The van der Waals surface area contributed by atoms with Crippen LogP contribution in [0.5, 0.6) is 0 Å². The van der Waals surface area contributed by atoms with Gasteiger partial charge in [0.2, 0.25) is 5.91 Å². The Hall–Kier alpha value is -0.180. The lowest BCUT2D eigenvalue weighted by Gasteiger charge is -2.34. The van der Waals surface area contributed by atoms with Crippen molar-refractivity contribution in [1.82, 2.24) is 5.32 Å². The van der Waals surface area contributed by atoms with Crippen LogP contribution < -0.4 is 5.32 Å². The van der Waals surface area contributed by atoms with E-state index in [0.29, 0.717) is 0 Å². The first kappa shape index (κ1) is 8.91. The lowest BCUT2D eigenvalue weighted by molar-refractivity contribution is -0.122. The van der Waals surface area contributed by atoms with Crippen molar-refractivity contribution in [2.45, 2.75) is 38.0 Å². The molecule has 0 radical (unpaired) electrons. The van der Waals surface area contributed by atoms with Crippen molar-refractivity contribution in [3.63, 3.8) is 0 Å². The van der Waals surface area contributed by atoms with E-state index in [1.807, 2.05) is 0 Å². The van der Waals surface area contributed by atoms with Gasteiger partial charge in [0.05, 0.1) is 5.25 Å². The molecule has 2 nitrogen and oxygen atoms in total. The average molecular weight is 173 g/mol. The fourth-order valence-electron chi connectivity index (χ4n) is 1.14. The second-order valence-corrected chi connectivity index (χ2v) is 4.77. The Morgan fingerprint density at radius 2 is 2.36 bits per heavy atom. The first-order valence-corrected chi connectivity index (χ1v) is 5.03. The normalized spacial score (nSPS) is 29.7. The Labute approximate surface area is 72.1 Å². The van der Waals surface area contributed by atoms with Gasteiger partial charge in [-0.15, -0.1) is 11.8 Å². The zero-order chi connectivity index (χ0) is 8.48. The molecular weight excluding hydrogens is 158 g/mol. The van der Waals surface area contributed by atoms with Crippen molar-refractivity contribution < 1.29 is 4.79 Å². The lowest BCUT2D eigenvalue weighted by atomic mass is 10.1. The number of hydrogen-bond acceptors (Lipinski definition) is 2. The summed E-state index contributed by atoms with van der Waals surface area (Å²) in [5.41, 5.74) is -0.00653. The third kappa shape index (κ3) is 2.12. The molecular formula is C8H15NOS. The molecule has 0 bridgehead atoms. The predicted molar refractivity (Wildman–Crippen MR) is 48.8 cm³/mol. The molecule has 0 spiro atoms. The standard InChI is InChI=1S/C8H15NOS/c1-4-6-7(10)9-8(2,3)5-11-6/h6H,4-5H2,1-3H3,(H,9,10). The van der Waals surface area contributed by atoms with Crippen LogP contribution in [0.4, 0.5) is 0 Å². The van der Waals surface area contributed by atoms with E-state index in [9.17, 15) is 4.79 Å². The lowest BCUT2D eigenvalue weighted by Crippen LogP contribution is -2.53. The van der Waals surface area contributed by atoms with Gasteiger partial charge in [0.15, 0.2) is 0 Å². The van der Waals surface area contributed by atoms with Crippen LogP contribution >= 0.6 is 11.8 Å². The van der Waals surface area contributed by atoms with E-state index in [2.05, 4.69) is 26.1 Å². The van der Waals surface area contributed by atoms with Crippen molar-refractivity contribution in [3.05, 3.63) is 0 Å². The molecule has 1 fully saturated rings. The van der Waals surface area contributed by atoms with E-state index < -0.39 is 0 Å². The summed E-state index contributed by atoms with van der Waals surface area (Å²) in [6.45, 7) is 6.17. The topological polar surface area (TPSA) is 29.1 Å². The van der Waals surface area contributed by atoms with E-state index in [1.165, 1.54) is 0 Å². The molecule has 1 rings (SSSR count). The largest absolute Gasteiger partial charge is 0.349 e. The van der Waals surface area contributed by atoms with Gasteiger partial charge in [0.1, 0.15) is 0 Å². The van der Waals surface area contributed by atoms with Gasteiger partial charge >= 0.3 is 0 Å². The highest BCUT2D eigenvalue weighted by Gasteiger charge is 2.31. The number of carbonyl (C=O) groups excluding carboxylic acids is 1. The molecule has 0 saturated carbocycles. The Bertz CT molecular complexity index is 167. The Balaban J connectivity index is 2.55. The molecule has 1 heterocycles. The summed E-state index contributed by atoms with van der Waals surface area (Å²) in [5.74, 6) is 1.23. The molecule has 1 atom stereocenters. The van der Waals surface area contributed by atoms with Crippen LogP contribution in [0.15, 0.2) is 0 Å². The number of nitrogens with one attached hydrogen (secondary N) is 1. The van der Waals surface area contributed by atoms with Gasteiger partial charge in [0.25, 0.3) is 0 Å². The van der Waals surface area contributed by atoms with Crippen molar-refractivity contribution >= 4 is 17.7 Å². The minimum Gasteiger partial charge on any atom is -0.349 e. The molecule has 1 aliphatic heterocycles. The van der Waals surface area contributed by atoms with Gasteiger partial charge in [0, 0.05) is 11.3 Å². The van der Waals surface area contributed by atoms with Crippen LogP contribution in [-0.4, -0.2) is 22.4 Å². The highest BCUT2D eigenvalue weighted by molar-refractivity contribution is 8.00. The highest BCUT2D eigenvalue weighted by atomic mass is 32.2. The molecule has 64 valence electrons. The van der Waals surface area contributed by atoms with Crippen LogP contribution in [0.25, 0.3) is 0 Å². The number of rotatable bonds is 1. The Kier molecular flexibility index (Phi) is 2.47. The van der Waals surface area contributed by atoms with Crippen LogP contribution in [0.2, 0.25) is 0 Å². The van der Waals surface area contributed by atoms with Gasteiger partial charge in [-0.25, -0.2) is 0 Å². The summed E-state index contributed by atoms with van der Waals surface area (Å²) < 4.78 is 0. The predicted octanol–water partition coefficient (Wildman–Crippen LogP) is 1.41. The summed E-state index contributed by atoms with van der Waals surface area (Å²) >= 11 is 1.77. The quantitative estimate of drug-likeness (QED) is 0.649. The Morgan fingerprint density at radius 1 is 1.73 bits per heavy atom. The minimum atomic E-state index is -0.00653. The molecule has 0 aromatic heterocycles. The molecule has 1 N–H and O–H groups in total. The summed E-state index contributed by atoms with van der Waals surface area (Å²) in [6, 6.07) is 0. The van der Waals surface area contributed by atoms with Crippen molar-refractivity contribution in [3.8, 4) is 0 Å². The van der Waals surface area contributed by atoms with Gasteiger partial charge in [-0.05, 0) is 20.3 Å². The summed E-state index contributed by atoms with van der Waals surface area (Å²) in [7, 11) is 0. The number of carbonyl (C=O) groups is 1. The second kappa shape index (κ2) is 3.05. The molecule has 0 aromatic carbocycles. The van der Waals surface area contributed by atoms with Crippen LogP contribution in [0, 0.1) is 0 Å². The monoisotopic (exact) mass is 173 g/mol. The maximum Gasteiger partial charge on any atom is 0.233 e. The molecule has 1 saturated heterocycles. The van der Waals surface area contributed by atoms with Crippen molar-refractivity contribution in [2.24, 2.45) is 0 Å². The van der Waals surface area contributed by atoms with Gasteiger partial charge in [-0.1, -0.05) is 6.92 Å². The van der Waals surface area contributed by atoms with Crippen molar-refractivity contribution in [1.29, 1.82) is 0 Å². The molecule has 0 aliphatic carbocycles. The van der Waals surface area contributed by atoms with E-state index >= 15 is 0 Å². The maximum absolute atomic E-state index is 11.3. The third-order valence-electron chi connectivity index (χ3n) is 1.77. The maximum atomic E-state index is 11.3. The first-order chi connectivity index (χ1) is 5.05. The molecule has 0 aromatic rings. The molecule has 11 heavy (non-hydrogen) atoms. The SMILES string of the molecule is CCC1SCC(C)(C)NC1=O. The zero-order valence-corrected chi connectivity index (χ0v) is 8.12. The van der Waals surface area contributed by atoms with E-state index in [0.717, 1.165) is 12.2 Å². The Morgan fingerprint density at radius 3 is 2.82 bits per heavy atom. The molecule has 1 aliphatic rings. The highest BCUT2D eigenvalue weighted by Crippen LogP contribution is 2.25. The van der Waals surface area contributed by atoms with E-state index in [1.54, 1.807) is 11.8 Å². The molecule has 1 amide bonds. The zero-order valence-electron chi connectivity index (χ0n) is 7.31. The van der Waals surface area contributed by atoms with E-state index in [-0.39, 0.29) is 16.7 Å². The minimum absolute atomic E-state index is 0.00653. The summed E-state index contributed by atoms with van der Waals surface area (Å²) in [5, 5.41) is 3.18. The third-order valence-corrected chi connectivity index (χ3v) is 3.61. The van der Waals surface area contributed by atoms with Crippen LogP contribution in [-0.2, 0) is 4.79 Å². The smallest absolute Gasteiger partial charge is 0.233 e. The van der Waals surface area contributed by atoms with E-state index in [4.69, 9.17) is 0 Å². The fraction of sp³-hybridized carbons (Fsp3) is 0.875. The van der Waals surface area contributed by atoms with Gasteiger partial charge in [-0.3, -0.25) is 4.79 Å². The molecule has 1 unspecified atom stereocenters. The molecule has 3 heteroatoms. The number of thioether (sulfide) groups is 1. The van der Waals surface area contributed by atoms with Crippen molar-refractivity contribution in [2.75, 3.05) is 5.75 Å². The van der Waals surface area contributed by atoms with Crippen LogP contribution in [0.1, 0.15) is 27.2 Å². The summed E-state index contributed by atoms with van der Waals surface area (Å²) in [4.78, 5) is 11.3. The fourth-order valence-corrected chi connectivity index (χ4v) is 2.27. The second-order valence-electron chi connectivity index (χ2n) is 3.58. The van der Waals surface area contributed by atoms with Gasteiger partial charge in [-0.2, -0.15) is 0 Å². The average Bonchev–Trinajstić information content (AvgIpc) is 1.86. The number of hydrogen-bond donors (Lipinski definition) is 1. The summed E-state index contributed by atoms with van der Waals surface area (Å²) in [6.07, 6.45) is 0.937. The first-order valence-electron chi connectivity index (χ1n) is 3.99. The van der Waals surface area contributed by atoms with Crippen LogP contribution in [0.3, 0.4) is 0 Å². The number of amides is 1. The van der Waals surface area contributed by atoms with Gasteiger partial charge < -0.3 is 5.32 Å².